The highest BCUT2D eigenvalue weighted by molar-refractivity contribution is 5.98. The van der Waals surface area contributed by atoms with Crippen LogP contribution < -0.4 is 4.74 Å². The Morgan fingerprint density at radius 3 is 2.50 bits per heavy atom. The van der Waals surface area contributed by atoms with E-state index in [1.807, 2.05) is 31.3 Å². The summed E-state index contributed by atoms with van der Waals surface area (Å²) in [6.07, 6.45) is 2.14. The van der Waals surface area contributed by atoms with Crippen LogP contribution in [0.1, 0.15) is 47.2 Å². The average molecular weight is 520 g/mol. The zero-order chi connectivity index (χ0) is 26.4. The van der Waals surface area contributed by atoms with Gasteiger partial charge in [-0.25, -0.2) is 0 Å². The summed E-state index contributed by atoms with van der Waals surface area (Å²) in [5.41, 5.74) is 5.39. The van der Waals surface area contributed by atoms with Gasteiger partial charge in [0.1, 0.15) is 5.75 Å². The molecule has 5 nitrogen and oxygen atoms in total. The zero-order valence-corrected chi connectivity index (χ0v) is 21.0. The number of H-pyrrole nitrogens is 1. The lowest BCUT2D eigenvalue weighted by molar-refractivity contribution is -0.274. The van der Waals surface area contributed by atoms with Gasteiger partial charge in [-0.1, -0.05) is 30.3 Å². The Balaban J connectivity index is 1.18. The summed E-state index contributed by atoms with van der Waals surface area (Å²) in [6.45, 7) is 1.91. The molecule has 4 aromatic rings. The quantitative estimate of drug-likeness (QED) is 0.307. The fourth-order valence-corrected chi connectivity index (χ4v) is 6.40. The van der Waals surface area contributed by atoms with Crippen LogP contribution in [0.15, 0.2) is 66.9 Å². The SMILES string of the molecule is Cc1c(C(=O)N2C3CCC2CC(Cc2ccc4[nH]ncc4c2)C3)cccc1-c1ccc(OC(F)(F)F)cc1. The van der Waals surface area contributed by atoms with E-state index < -0.39 is 6.36 Å². The van der Waals surface area contributed by atoms with Crippen LogP contribution >= 0.6 is 0 Å². The van der Waals surface area contributed by atoms with Crippen molar-refractivity contribution in [3.63, 3.8) is 0 Å². The number of hydrogen-bond donors (Lipinski definition) is 1. The van der Waals surface area contributed by atoms with Gasteiger partial charge in [-0.15, -0.1) is 13.2 Å². The van der Waals surface area contributed by atoms with Crippen molar-refractivity contribution in [1.29, 1.82) is 0 Å². The molecule has 2 unspecified atom stereocenters. The first-order valence-corrected chi connectivity index (χ1v) is 13.0. The molecule has 3 aromatic carbocycles. The number of carbonyl (C=O) groups excluding carboxylic acids is 1. The Labute approximate surface area is 218 Å². The summed E-state index contributed by atoms with van der Waals surface area (Å²) < 4.78 is 41.6. The van der Waals surface area contributed by atoms with Crippen molar-refractivity contribution < 1.29 is 22.7 Å². The van der Waals surface area contributed by atoms with E-state index in [1.54, 1.807) is 12.1 Å². The number of aromatic nitrogens is 2. The Hall–Kier alpha value is -3.81. The first kappa shape index (κ1) is 24.5. The van der Waals surface area contributed by atoms with Gasteiger partial charge in [-0.3, -0.25) is 9.89 Å². The highest BCUT2D eigenvalue weighted by Gasteiger charge is 2.43. The second-order valence-corrected chi connectivity index (χ2v) is 10.5. The molecule has 3 heterocycles. The van der Waals surface area contributed by atoms with Crippen LogP contribution in [0.4, 0.5) is 13.2 Å². The summed E-state index contributed by atoms with van der Waals surface area (Å²) >= 11 is 0. The van der Waals surface area contributed by atoms with Gasteiger partial charge in [0, 0.05) is 23.0 Å². The predicted octanol–water partition coefficient (Wildman–Crippen LogP) is 7.06. The molecule has 2 aliphatic rings. The highest BCUT2D eigenvalue weighted by atomic mass is 19.4. The molecule has 38 heavy (non-hydrogen) atoms. The van der Waals surface area contributed by atoms with Crippen LogP contribution in [-0.4, -0.2) is 39.5 Å². The zero-order valence-electron chi connectivity index (χ0n) is 21.0. The van der Waals surface area contributed by atoms with E-state index >= 15 is 0 Å². The number of ether oxygens (including phenoxy) is 1. The number of aromatic amines is 1. The monoisotopic (exact) mass is 519 g/mol. The van der Waals surface area contributed by atoms with E-state index in [-0.39, 0.29) is 23.7 Å². The third kappa shape index (κ3) is 4.75. The highest BCUT2D eigenvalue weighted by Crippen LogP contribution is 2.41. The van der Waals surface area contributed by atoms with E-state index in [9.17, 15) is 18.0 Å². The normalized spacial score (nSPS) is 21.2. The van der Waals surface area contributed by atoms with Gasteiger partial charge in [0.05, 0.1) is 11.7 Å². The summed E-state index contributed by atoms with van der Waals surface area (Å²) in [4.78, 5) is 15.9. The first-order chi connectivity index (χ1) is 18.2. The molecule has 0 aliphatic carbocycles. The van der Waals surface area contributed by atoms with Gasteiger partial charge in [-0.05, 0) is 97.5 Å². The van der Waals surface area contributed by atoms with Crippen LogP contribution in [0.2, 0.25) is 0 Å². The molecule has 1 N–H and O–H groups in total. The second-order valence-electron chi connectivity index (χ2n) is 10.5. The van der Waals surface area contributed by atoms with Crippen LogP contribution in [0, 0.1) is 12.8 Å². The summed E-state index contributed by atoms with van der Waals surface area (Å²) in [5, 5.41) is 8.23. The van der Waals surface area contributed by atoms with Crippen LogP contribution in [-0.2, 0) is 6.42 Å². The summed E-state index contributed by atoms with van der Waals surface area (Å²) in [5.74, 6) is 0.313. The lowest BCUT2D eigenvalue weighted by atomic mass is 9.85. The molecule has 2 atom stereocenters. The van der Waals surface area contributed by atoms with Gasteiger partial charge in [0.15, 0.2) is 0 Å². The van der Waals surface area contributed by atoms with Crippen LogP contribution in [0.5, 0.6) is 5.75 Å². The lowest BCUT2D eigenvalue weighted by Gasteiger charge is -2.39. The molecule has 196 valence electrons. The first-order valence-electron chi connectivity index (χ1n) is 13.0. The maximum Gasteiger partial charge on any atom is 0.573 e. The maximum absolute atomic E-state index is 13.8. The third-order valence-corrected chi connectivity index (χ3v) is 8.06. The van der Waals surface area contributed by atoms with Crippen molar-refractivity contribution in [2.75, 3.05) is 0 Å². The van der Waals surface area contributed by atoms with Gasteiger partial charge in [0.25, 0.3) is 5.91 Å². The molecular formula is C30H28F3N3O2. The number of piperidine rings is 1. The molecule has 1 aromatic heterocycles. The number of amides is 1. The van der Waals surface area contributed by atoms with Crippen molar-refractivity contribution in [2.45, 2.75) is 57.5 Å². The number of carbonyl (C=O) groups is 1. The number of halogens is 3. The second kappa shape index (κ2) is 9.49. The minimum Gasteiger partial charge on any atom is -0.406 e. The van der Waals surface area contributed by atoms with Crippen molar-refractivity contribution in [1.82, 2.24) is 15.1 Å². The minimum atomic E-state index is -4.73. The molecule has 2 bridgehead atoms. The number of nitrogens with zero attached hydrogens (tertiary/aromatic N) is 2. The molecule has 6 rings (SSSR count). The number of hydrogen-bond acceptors (Lipinski definition) is 3. The Bertz CT molecular complexity index is 1460. The molecule has 2 fully saturated rings. The largest absolute Gasteiger partial charge is 0.573 e. The number of nitrogens with one attached hydrogen (secondary N) is 1. The molecule has 0 radical (unpaired) electrons. The summed E-state index contributed by atoms with van der Waals surface area (Å²) in [6, 6.07) is 18.3. The maximum atomic E-state index is 13.8. The Morgan fingerprint density at radius 2 is 1.79 bits per heavy atom. The molecule has 2 saturated heterocycles. The fourth-order valence-electron chi connectivity index (χ4n) is 6.40. The lowest BCUT2D eigenvalue weighted by Crippen LogP contribution is -2.47. The van der Waals surface area contributed by atoms with Crippen LogP contribution in [0.3, 0.4) is 0 Å². The Morgan fingerprint density at radius 1 is 1.05 bits per heavy atom. The van der Waals surface area contributed by atoms with Gasteiger partial charge < -0.3 is 9.64 Å². The molecule has 8 heteroatoms. The van der Waals surface area contributed by atoms with E-state index in [0.717, 1.165) is 59.7 Å². The number of rotatable bonds is 5. The smallest absolute Gasteiger partial charge is 0.406 e. The molecule has 0 saturated carbocycles. The van der Waals surface area contributed by atoms with Gasteiger partial charge >= 0.3 is 6.36 Å². The van der Waals surface area contributed by atoms with E-state index in [1.165, 1.54) is 17.7 Å². The van der Waals surface area contributed by atoms with E-state index in [2.05, 4.69) is 38.0 Å². The van der Waals surface area contributed by atoms with E-state index in [0.29, 0.717) is 11.5 Å². The topological polar surface area (TPSA) is 58.2 Å². The third-order valence-electron chi connectivity index (χ3n) is 8.06. The van der Waals surface area contributed by atoms with Crippen molar-refractivity contribution in [3.05, 3.63) is 83.6 Å². The van der Waals surface area contributed by atoms with Crippen LogP contribution in [0.25, 0.3) is 22.0 Å². The average Bonchev–Trinajstić information content (AvgIpc) is 3.45. The number of alkyl halides is 3. The number of benzene rings is 3. The molecular weight excluding hydrogens is 491 g/mol. The van der Waals surface area contributed by atoms with E-state index in [4.69, 9.17) is 0 Å². The summed E-state index contributed by atoms with van der Waals surface area (Å²) in [7, 11) is 0. The standard InChI is InChI=1S/C30H28F3N3O2/c1-18-26(21-6-10-25(11-7-21)38-30(31,32)33)3-2-4-27(18)29(37)36-23-8-9-24(36)16-20(15-23)13-19-5-12-28-22(14-19)17-34-35-28/h2-7,10-12,14,17,20,23-24H,8-9,13,15-16H2,1H3,(H,34,35). The Kier molecular flexibility index (Phi) is 6.13. The van der Waals surface area contributed by atoms with Gasteiger partial charge in [0.2, 0.25) is 0 Å². The van der Waals surface area contributed by atoms with Crippen molar-refractivity contribution in [2.24, 2.45) is 5.92 Å². The predicted molar refractivity (Wildman–Crippen MR) is 139 cm³/mol. The van der Waals surface area contributed by atoms with Crippen molar-refractivity contribution >= 4 is 16.8 Å². The van der Waals surface area contributed by atoms with Crippen molar-refractivity contribution in [3.8, 4) is 16.9 Å². The molecule has 2 aliphatic heterocycles. The number of fused-ring (bicyclic) bond motifs is 3. The van der Waals surface area contributed by atoms with Gasteiger partial charge in [-0.2, -0.15) is 5.10 Å². The fraction of sp³-hybridized carbons (Fsp3) is 0.333. The molecule has 1 amide bonds. The minimum absolute atomic E-state index is 0.0483. The molecule has 0 spiro atoms.